The fraction of sp³-hybridized carbons (Fsp3) is 0.643. The van der Waals surface area contributed by atoms with Crippen molar-refractivity contribution in [1.29, 1.82) is 0 Å². The number of pyridine rings is 1. The van der Waals surface area contributed by atoms with Gasteiger partial charge in [-0.15, -0.1) is 0 Å². The standard InChI is InChI=1S/C14H22BrN3/c1-3-18-8-5-12(6-9-18)10-17-14-13(15)11(2)4-7-16-14/h4,7,12H,3,5-6,8-10H2,1-2H3,(H,16,17). The van der Waals surface area contributed by atoms with Crippen molar-refractivity contribution in [3.63, 3.8) is 0 Å². The molecule has 1 N–H and O–H groups in total. The van der Waals surface area contributed by atoms with Crippen LogP contribution in [0.1, 0.15) is 25.3 Å². The Balaban J connectivity index is 1.83. The Labute approximate surface area is 118 Å². The van der Waals surface area contributed by atoms with Crippen molar-refractivity contribution in [2.24, 2.45) is 5.92 Å². The molecule has 0 bridgehead atoms. The minimum absolute atomic E-state index is 0.780. The summed E-state index contributed by atoms with van der Waals surface area (Å²) in [7, 11) is 0. The fourth-order valence-electron chi connectivity index (χ4n) is 2.41. The summed E-state index contributed by atoms with van der Waals surface area (Å²) in [6.45, 7) is 9.04. The Morgan fingerprint density at radius 1 is 1.44 bits per heavy atom. The van der Waals surface area contributed by atoms with Gasteiger partial charge in [-0.25, -0.2) is 4.98 Å². The molecule has 0 saturated carbocycles. The van der Waals surface area contributed by atoms with Crippen molar-refractivity contribution in [3.8, 4) is 0 Å². The van der Waals surface area contributed by atoms with Crippen LogP contribution in [0.4, 0.5) is 5.82 Å². The third-order valence-corrected chi connectivity index (χ3v) is 4.80. The average Bonchev–Trinajstić information content (AvgIpc) is 2.41. The first-order chi connectivity index (χ1) is 8.70. The van der Waals surface area contributed by atoms with E-state index < -0.39 is 0 Å². The van der Waals surface area contributed by atoms with E-state index in [1.165, 1.54) is 38.0 Å². The van der Waals surface area contributed by atoms with Gasteiger partial charge in [-0.1, -0.05) is 6.92 Å². The molecule has 4 heteroatoms. The summed E-state index contributed by atoms with van der Waals surface area (Å²) in [6.07, 6.45) is 4.46. The number of nitrogens with one attached hydrogen (secondary N) is 1. The van der Waals surface area contributed by atoms with Crippen molar-refractivity contribution in [2.75, 3.05) is 31.5 Å². The van der Waals surface area contributed by atoms with Gasteiger partial charge in [0.1, 0.15) is 5.82 Å². The molecule has 2 rings (SSSR count). The maximum atomic E-state index is 4.39. The first kappa shape index (κ1) is 13.8. The minimum Gasteiger partial charge on any atom is -0.369 e. The zero-order chi connectivity index (χ0) is 13.0. The molecule has 100 valence electrons. The van der Waals surface area contributed by atoms with E-state index in [0.29, 0.717) is 0 Å². The van der Waals surface area contributed by atoms with Crippen LogP contribution in [0.3, 0.4) is 0 Å². The molecule has 1 saturated heterocycles. The molecule has 0 aliphatic carbocycles. The summed E-state index contributed by atoms with van der Waals surface area (Å²) in [5, 5.41) is 3.48. The van der Waals surface area contributed by atoms with E-state index in [1.807, 2.05) is 12.3 Å². The Morgan fingerprint density at radius 2 is 2.17 bits per heavy atom. The van der Waals surface area contributed by atoms with Gasteiger partial charge in [-0.3, -0.25) is 0 Å². The van der Waals surface area contributed by atoms with Gasteiger partial charge in [0, 0.05) is 12.7 Å². The number of hydrogen-bond acceptors (Lipinski definition) is 3. The van der Waals surface area contributed by atoms with Gasteiger partial charge in [0.05, 0.1) is 4.47 Å². The molecule has 0 radical (unpaired) electrons. The molecule has 0 spiro atoms. The Morgan fingerprint density at radius 3 is 2.83 bits per heavy atom. The van der Waals surface area contributed by atoms with Crippen LogP contribution in [0.2, 0.25) is 0 Å². The van der Waals surface area contributed by atoms with Crippen LogP contribution in [-0.2, 0) is 0 Å². The largest absolute Gasteiger partial charge is 0.369 e. The number of anilines is 1. The lowest BCUT2D eigenvalue weighted by molar-refractivity contribution is 0.198. The summed E-state index contributed by atoms with van der Waals surface area (Å²) in [5.74, 6) is 1.76. The Bertz CT molecular complexity index is 387. The molecule has 1 fully saturated rings. The molecular weight excluding hydrogens is 290 g/mol. The lowest BCUT2D eigenvalue weighted by atomic mass is 9.97. The highest BCUT2D eigenvalue weighted by Gasteiger charge is 2.18. The smallest absolute Gasteiger partial charge is 0.140 e. The minimum atomic E-state index is 0.780. The Hall–Kier alpha value is -0.610. The normalized spacial score (nSPS) is 17.9. The van der Waals surface area contributed by atoms with Crippen LogP contribution in [0.15, 0.2) is 16.7 Å². The SMILES string of the molecule is CCN1CCC(CNc2nccc(C)c2Br)CC1. The van der Waals surface area contributed by atoms with Crippen LogP contribution in [-0.4, -0.2) is 36.1 Å². The highest BCUT2D eigenvalue weighted by atomic mass is 79.9. The molecule has 1 aliphatic rings. The molecule has 18 heavy (non-hydrogen) atoms. The van der Waals surface area contributed by atoms with Crippen LogP contribution < -0.4 is 5.32 Å². The van der Waals surface area contributed by atoms with Crippen molar-refractivity contribution in [1.82, 2.24) is 9.88 Å². The second-order valence-electron chi connectivity index (χ2n) is 5.05. The molecule has 0 amide bonds. The maximum Gasteiger partial charge on any atom is 0.140 e. The van der Waals surface area contributed by atoms with Gasteiger partial charge in [0.2, 0.25) is 0 Å². The molecular formula is C14H22BrN3. The predicted molar refractivity (Wildman–Crippen MR) is 80.0 cm³/mol. The number of aromatic nitrogens is 1. The number of hydrogen-bond donors (Lipinski definition) is 1. The van der Waals surface area contributed by atoms with E-state index in [4.69, 9.17) is 0 Å². The van der Waals surface area contributed by atoms with Crippen molar-refractivity contribution in [2.45, 2.75) is 26.7 Å². The monoisotopic (exact) mass is 311 g/mol. The quantitative estimate of drug-likeness (QED) is 0.924. The molecule has 1 aromatic rings. The predicted octanol–water partition coefficient (Wildman–Crippen LogP) is 3.30. The number of piperidine rings is 1. The third-order valence-electron chi connectivity index (χ3n) is 3.79. The molecule has 0 aromatic carbocycles. The van der Waals surface area contributed by atoms with Crippen LogP contribution in [0, 0.1) is 12.8 Å². The number of likely N-dealkylation sites (tertiary alicyclic amines) is 1. The summed E-state index contributed by atoms with van der Waals surface area (Å²) in [4.78, 5) is 6.91. The van der Waals surface area contributed by atoms with E-state index in [2.05, 4.69) is 45.0 Å². The van der Waals surface area contributed by atoms with Crippen molar-refractivity contribution in [3.05, 3.63) is 22.3 Å². The number of nitrogens with zero attached hydrogens (tertiary/aromatic N) is 2. The third kappa shape index (κ3) is 3.45. The van der Waals surface area contributed by atoms with Crippen LogP contribution in [0.5, 0.6) is 0 Å². The van der Waals surface area contributed by atoms with Gasteiger partial charge >= 0.3 is 0 Å². The van der Waals surface area contributed by atoms with E-state index in [1.54, 1.807) is 0 Å². The van der Waals surface area contributed by atoms with Crippen LogP contribution >= 0.6 is 15.9 Å². The van der Waals surface area contributed by atoms with Crippen molar-refractivity contribution < 1.29 is 0 Å². The summed E-state index contributed by atoms with van der Waals surface area (Å²) in [5.41, 5.74) is 1.23. The zero-order valence-electron chi connectivity index (χ0n) is 11.2. The maximum absolute atomic E-state index is 4.39. The zero-order valence-corrected chi connectivity index (χ0v) is 12.8. The summed E-state index contributed by atoms with van der Waals surface area (Å²) >= 11 is 3.59. The molecule has 1 aromatic heterocycles. The van der Waals surface area contributed by atoms with Gasteiger partial charge in [-0.05, 0) is 72.9 Å². The second-order valence-corrected chi connectivity index (χ2v) is 5.84. The van der Waals surface area contributed by atoms with Crippen molar-refractivity contribution >= 4 is 21.7 Å². The second kappa shape index (κ2) is 6.53. The van der Waals surface area contributed by atoms with E-state index in [9.17, 15) is 0 Å². The van der Waals surface area contributed by atoms with Crippen LogP contribution in [0.25, 0.3) is 0 Å². The number of aryl methyl sites for hydroxylation is 1. The highest BCUT2D eigenvalue weighted by Crippen LogP contribution is 2.24. The molecule has 3 nitrogen and oxygen atoms in total. The highest BCUT2D eigenvalue weighted by molar-refractivity contribution is 9.10. The molecule has 1 aliphatic heterocycles. The average molecular weight is 312 g/mol. The van der Waals surface area contributed by atoms with Gasteiger partial charge in [-0.2, -0.15) is 0 Å². The lowest BCUT2D eigenvalue weighted by Gasteiger charge is -2.31. The summed E-state index contributed by atoms with van der Waals surface area (Å²) in [6, 6.07) is 2.02. The van der Waals surface area contributed by atoms with E-state index in [0.717, 1.165) is 22.8 Å². The first-order valence-corrected chi connectivity index (χ1v) is 7.57. The Kier molecular flexibility index (Phi) is 5.01. The first-order valence-electron chi connectivity index (χ1n) is 6.78. The lowest BCUT2D eigenvalue weighted by Crippen LogP contribution is -2.35. The molecule has 2 heterocycles. The van der Waals surface area contributed by atoms with Gasteiger partial charge in [0.15, 0.2) is 0 Å². The van der Waals surface area contributed by atoms with Gasteiger partial charge in [0.25, 0.3) is 0 Å². The topological polar surface area (TPSA) is 28.2 Å². The van der Waals surface area contributed by atoms with E-state index >= 15 is 0 Å². The molecule has 0 atom stereocenters. The fourth-order valence-corrected chi connectivity index (χ4v) is 2.79. The molecule has 0 unspecified atom stereocenters. The summed E-state index contributed by atoms with van der Waals surface area (Å²) < 4.78 is 1.09. The van der Waals surface area contributed by atoms with E-state index in [-0.39, 0.29) is 0 Å². The van der Waals surface area contributed by atoms with Gasteiger partial charge < -0.3 is 10.2 Å². The number of rotatable bonds is 4. The number of halogens is 1.